The van der Waals surface area contributed by atoms with E-state index in [0.717, 1.165) is 5.56 Å². The summed E-state index contributed by atoms with van der Waals surface area (Å²) in [5.41, 5.74) is 1.05. The summed E-state index contributed by atoms with van der Waals surface area (Å²) in [6.45, 7) is 4.12. The Kier molecular flexibility index (Phi) is 5.44. The Labute approximate surface area is 111 Å². The summed E-state index contributed by atoms with van der Waals surface area (Å²) in [6.07, 6.45) is 0.703. The lowest BCUT2D eigenvalue weighted by Crippen LogP contribution is -2.37. The molecule has 19 heavy (non-hydrogen) atoms. The second-order valence-corrected chi connectivity index (χ2v) is 4.54. The zero-order valence-electron chi connectivity index (χ0n) is 11.0. The molecule has 0 aromatic heterocycles. The maximum Gasteiger partial charge on any atom is 0.307 e. The Morgan fingerprint density at radius 3 is 2.42 bits per heavy atom. The van der Waals surface area contributed by atoms with Gasteiger partial charge in [0.1, 0.15) is 0 Å². The van der Waals surface area contributed by atoms with Crippen molar-refractivity contribution in [2.45, 2.75) is 26.3 Å². The van der Waals surface area contributed by atoms with Crippen LogP contribution in [-0.4, -0.2) is 28.6 Å². The molecule has 0 amide bonds. The van der Waals surface area contributed by atoms with Crippen molar-refractivity contribution in [3.8, 4) is 0 Å². The monoisotopic (exact) mass is 266 g/mol. The number of aliphatic carboxylic acids is 1. The van der Waals surface area contributed by atoms with E-state index in [1.807, 2.05) is 6.92 Å². The van der Waals surface area contributed by atoms with Gasteiger partial charge in [-0.1, -0.05) is 19.1 Å². The van der Waals surface area contributed by atoms with Gasteiger partial charge < -0.3 is 10.4 Å². The average molecular weight is 266 g/mol. The normalized spacial score (nSPS) is 13.8. The van der Waals surface area contributed by atoms with Crippen molar-refractivity contribution in [2.24, 2.45) is 5.92 Å². The van der Waals surface area contributed by atoms with Crippen LogP contribution in [-0.2, 0) is 11.2 Å². The molecule has 2 atom stereocenters. The number of nitro benzene ring substituents is 1. The first-order valence-electron chi connectivity index (χ1n) is 6.11. The van der Waals surface area contributed by atoms with Gasteiger partial charge in [0.05, 0.1) is 10.8 Å². The van der Waals surface area contributed by atoms with E-state index >= 15 is 0 Å². The van der Waals surface area contributed by atoms with Gasteiger partial charge in [-0.25, -0.2) is 0 Å². The van der Waals surface area contributed by atoms with Crippen LogP contribution in [0.1, 0.15) is 19.4 Å². The highest BCUT2D eigenvalue weighted by Crippen LogP contribution is 2.12. The first kappa shape index (κ1) is 15.1. The van der Waals surface area contributed by atoms with E-state index in [0.29, 0.717) is 13.0 Å². The smallest absolute Gasteiger partial charge is 0.307 e. The van der Waals surface area contributed by atoms with Crippen LogP contribution in [0, 0.1) is 16.0 Å². The SMILES string of the molecule is CC(NCCc1ccc([N+](=O)[O-])cc1)C(C)C(=O)O. The number of rotatable bonds is 7. The van der Waals surface area contributed by atoms with Gasteiger partial charge in [-0.2, -0.15) is 0 Å². The highest BCUT2D eigenvalue weighted by atomic mass is 16.6. The van der Waals surface area contributed by atoms with Gasteiger partial charge in [0.15, 0.2) is 0 Å². The van der Waals surface area contributed by atoms with Crippen LogP contribution in [0.3, 0.4) is 0 Å². The molecule has 0 aliphatic rings. The predicted molar refractivity (Wildman–Crippen MR) is 71.1 cm³/mol. The molecule has 1 aromatic rings. The fourth-order valence-electron chi connectivity index (χ4n) is 1.62. The van der Waals surface area contributed by atoms with E-state index in [4.69, 9.17) is 5.11 Å². The lowest BCUT2D eigenvalue weighted by Gasteiger charge is -2.17. The summed E-state index contributed by atoms with van der Waals surface area (Å²) in [4.78, 5) is 20.8. The third-order valence-corrected chi connectivity index (χ3v) is 3.17. The van der Waals surface area contributed by atoms with Gasteiger partial charge in [0.2, 0.25) is 0 Å². The van der Waals surface area contributed by atoms with Gasteiger partial charge in [0.25, 0.3) is 5.69 Å². The van der Waals surface area contributed by atoms with Crippen LogP contribution in [0.5, 0.6) is 0 Å². The van der Waals surface area contributed by atoms with Crippen molar-refractivity contribution in [1.29, 1.82) is 0 Å². The second kappa shape index (κ2) is 6.84. The summed E-state index contributed by atoms with van der Waals surface area (Å²) >= 11 is 0. The summed E-state index contributed by atoms with van der Waals surface area (Å²) in [5, 5.41) is 22.5. The molecule has 1 aromatic carbocycles. The molecule has 0 aliphatic heterocycles. The Morgan fingerprint density at radius 1 is 1.37 bits per heavy atom. The van der Waals surface area contributed by atoms with E-state index < -0.39 is 16.8 Å². The Balaban J connectivity index is 2.41. The molecule has 0 saturated heterocycles. The summed E-state index contributed by atoms with van der Waals surface area (Å²) in [6, 6.07) is 6.25. The van der Waals surface area contributed by atoms with Gasteiger partial charge in [-0.05, 0) is 25.5 Å². The molecular weight excluding hydrogens is 248 g/mol. The first-order valence-corrected chi connectivity index (χ1v) is 6.11. The highest BCUT2D eigenvalue weighted by Gasteiger charge is 2.18. The van der Waals surface area contributed by atoms with Gasteiger partial charge in [0, 0.05) is 18.2 Å². The number of carbonyl (C=O) groups is 1. The molecule has 2 N–H and O–H groups in total. The number of hydrogen-bond donors (Lipinski definition) is 2. The third-order valence-electron chi connectivity index (χ3n) is 3.17. The summed E-state index contributed by atoms with van der Waals surface area (Å²) < 4.78 is 0. The number of benzene rings is 1. The number of non-ortho nitro benzene ring substituents is 1. The lowest BCUT2D eigenvalue weighted by molar-refractivity contribution is -0.384. The topological polar surface area (TPSA) is 92.5 Å². The van der Waals surface area contributed by atoms with Crippen LogP contribution in [0.15, 0.2) is 24.3 Å². The van der Waals surface area contributed by atoms with E-state index in [9.17, 15) is 14.9 Å². The minimum absolute atomic E-state index is 0.0737. The number of nitro groups is 1. The number of hydrogen-bond acceptors (Lipinski definition) is 4. The molecule has 6 heteroatoms. The molecule has 2 unspecified atom stereocenters. The van der Waals surface area contributed by atoms with Crippen molar-refractivity contribution in [3.63, 3.8) is 0 Å². The van der Waals surface area contributed by atoms with Crippen LogP contribution < -0.4 is 5.32 Å². The standard InChI is InChI=1S/C13H18N2O4/c1-9(13(16)17)10(2)14-8-7-11-3-5-12(6-4-11)15(18)19/h3-6,9-10,14H,7-8H2,1-2H3,(H,16,17). The fourth-order valence-corrected chi connectivity index (χ4v) is 1.62. The Bertz CT molecular complexity index is 444. The Hall–Kier alpha value is -1.95. The van der Waals surface area contributed by atoms with E-state index in [2.05, 4.69) is 5.32 Å². The predicted octanol–water partition coefficient (Wildman–Crippen LogP) is 1.84. The molecular formula is C13H18N2O4. The maximum absolute atomic E-state index is 10.8. The minimum Gasteiger partial charge on any atom is -0.481 e. The van der Waals surface area contributed by atoms with Crippen LogP contribution in [0.4, 0.5) is 5.69 Å². The van der Waals surface area contributed by atoms with Crippen molar-refractivity contribution in [3.05, 3.63) is 39.9 Å². The number of carboxylic acids is 1. The molecule has 1 rings (SSSR count). The van der Waals surface area contributed by atoms with Crippen molar-refractivity contribution >= 4 is 11.7 Å². The van der Waals surface area contributed by atoms with Crippen LogP contribution in [0.2, 0.25) is 0 Å². The molecule has 0 fully saturated rings. The van der Waals surface area contributed by atoms with Crippen molar-refractivity contribution in [1.82, 2.24) is 5.32 Å². The number of nitrogens with one attached hydrogen (secondary N) is 1. The van der Waals surface area contributed by atoms with Crippen molar-refractivity contribution in [2.75, 3.05) is 6.54 Å². The number of carboxylic acid groups (broad SMARTS) is 1. The average Bonchev–Trinajstić information content (AvgIpc) is 2.38. The van der Waals surface area contributed by atoms with Crippen LogP contribution >= 0.6 is 0 Å². The first-order chi connectivity index (χ1) is 8.91. The van der Waals surface area contributed by atoms with E-state index in [-0.39, 0.29) is 11.7 Å². The van der Waals surface area contributed by atoms with Crippen molar-refractivity contribution < 1.29 is 14.8 Å². The zero-order valence-corrected chi connectivity index (χ0v) is 11.0. The maximum atomic E-state index is 10.8. The van der Waals surface area contributed by atoms with E-state index in [1.54, 1.807) is 19.1 Å². The molecule has 0 radical (unpaired) electrons. The summed E-state index contributed by atoms with van der Waals surface area (Å²) in [7, 11) is 0. The highest BCUT2D eigenvalue weighted by molar-refractivity contribution is 5.70. The molecule has 0 heterocycles. The molecule has 104 valence electrons. The van der Waals surface area contributed by atoms with E-state index in [1.165, 1.54) is 12.1 Å². The summed E-state index contributed by atoms with van der Waals surface area (Å²) in [5.74, 6) is -1.27. The minimum atomic E-state index is -0.824. The van der Waals surface area contributed by atoms with Crippen LogP contribution in [0.25, 0.3) is 0 Å². The molecule has 0 spiro atoms. The Morgan fingerprint density at radius 2 is 1.95 bits per heavy atom. The second-order valence-electron chi connectivity index (χ2n) is 4.54. The fraction of sp³-hybridized carbons (Fsp3) is 0.462. The molecule has 0 aliphatic carbocycles. The molecule has 0 bridgehead atoms. The van der Waals surface area contributed by atoms with Gasteiger partial charge >= 0.3 is 5.97 Å². The zero-order chi connectivity index (χ0) is 14.4. The van der Waals surface area contributed by atoms with Gasteiger partial charge in [-0.15, -0.1) is 0 Å². The quantitative estimate of drug-likeness (QED) is 0.580. The third kappa shape index (κ3) is 4.67. The number of nitrogens with zero attached hydrogens (tertiary/aromatic N) is 1. The molecule has 0 saturated carbocycles. The lowest BCUT2D eigenvalue weighted by atomic mass is 10.0. The molecule has 6 nitrogen and oxygen atoms in total. The van der Waals surface area contributed by atoms with Gasteiger partial charge in [-0.3, -0.25) is 14.9 Å². The largest absolute Gasteiger partial charge is 0.481 e.